The van der Waals surface area contributed by atoms with E-state index in [1.807, 2.05) is 19.9 Å². The average molecular weight is 655 g/mol. The normalized spacial score (nSPS) is 12.3. The van der Waals surface area contributed by atoms with Crippen molar-refractivity contribution in [1.29, 1.82) is 0 Å². The highest BCUT2D eigenvalue weighted by Gasteiger charge is 2.33. The van der Waals surface area contributed by atoms with Gasteiger partial charge in [0.25, 0.3) is 5.91 Å². The van der Waals surface area contributed by atoms with Crippen molar-refractivity contribution in [2.45, 2.75) is 32.5 Å². The SMILES string of the molecule is CCOc1cc(OC(F)(F)F)cc(C(C)(C)c2cc(Br)cc(NC(=O)c3cc4ccc(NS(C)(=O)=O)cc4[nH]3)c2)c1. The molecule has 218 valence electrons. The molecule has 13 heteroatoms. The number of sulfonamides is 1. The van der Waals surface area contributed by atoms with Gasteiger partial charge in [0.1, 0.15) is 17.2 Å². The minimum absolute atomic E-state index is 0.231. The van der Waals surface area contributed by atoms with Gasteiger partial charge in [0.2, 0.25) is 10.0 Å². The number of H-pyrrole nitrogens is 1. The summed E-state index contributed by atoms with van der Waals surface area (Å²) in [6.45, 7) is 5.65. The first kappa shape index (κ1) is 30.3. The molecule has 0 bridgehead atoms. The number of fused-ring (bicyclic) bond motifs is 1. The van der Waals surface area contributed by atoms with E-state index in [-0.39, 0.29) is 18.1 Å². The molecule has 0 aliphatic carbocycles. The Morgan fingerprint density at radius 2 is 1.63 bits per heavy atom. The Kier molecular flexibility index (Phi) is 8.33. The Labute approximate surface area is 243 Å². The van der Waals surface area contributed by atoms with Crippen LogP contribution in [-0.2, 0) is 15.4 Å². The van der Waals surface area contributed by atoms with Crippen molar-refractivity contribution in [3.8, 4) is 11.5 Å². The molecule has 3 aromatic carbocycles. The maximum absolute atomic E-state index is 13.1. The van der Waals surface area contributed by atoms with Gasteiger partial charge in [0.15, 0.2) is 0 Å². The quantitative estimate of drug-likeness (QED) is 0.177. The Balaban J connectivity index is 1.63. The summed E-state index contributed by atoms with van der Waals surface area (Å²) in [5, 5.41) is 3.55. The minimum Gasteiger partial charge on any atom is -0.494 e. The molecule has 8 nitrogen and oxygen atoms in total. The van der Waals surface area contributed by atoms with E-state index in [1.165, 1.54) is 12.1 Å². The Hall–Kier alpha value is -3.71. The number of aromatic amines is 1. The fourth-order valence-electron chi connectivity index (χ4n) is 4.29. The zero-order valence-electron chi connectivity index (χ0n) is 22.4. The van der Waals surface area contributed by atoms with E-state index >= 15 is 0 Å². The molecule has 0 atom stereocenters. The van der Waals surface area contributed by atoms with Crippen LogP contribution in [0.3, 0.4) is 0 Å². The van der Waals surface area contributed by atoms with Gasteiger partial charge in [0, 0.05) is 32.5 Å². The largest absolute Gasteiger partial charge is 0.573 e. The molecule has 3 N–H and O–H groups in total. The molecule has 0 aliphatic heterocycles. The maximum Gasteiger partial charge on any atom is 0.573 e. The molecule has 4 aromatic rings. The van der Waals surface area contributed by atoms with Gasteiger partial charge in [-0.2, -0.15) is 0 Å². The number of hydrogen-bond acceptors (Lipinski definition) is 5. The zero-order valence-corrected chi connectivity index (χ0v) is 24.8. The smallest absolute Gasteiger partial charge is 0.494 e. The van der Waals surface area contributed by atoms with Gasteiger partial charge in [-0.25, -0.2) is 8.42 Å². The highest BCUT2D eigenvalue weighted by atomic mass is 79.9. The second-order valence-electron chi connectivity index (χ2n) is 9.84. The third kappa shape index (κ3) is 7.73. The van der Waals surface area contributed by atoms with E-state index in [4.69, 9.17) is 4.74 Å². The Morgan fingerprint density at radius 3 is 2.29 bits per heavy atom. The number of benzene rings is 3. The number of aromatic nitrogens is 1. The van der Waals surface area contributed by atoms with Gasteiger partial charge in [-0.05, 0) is 66.6 Å². The van der Waals surface area contributed by atoms with E-state index in [1.54, 1.807) is 49.4 Å². The van der Waals surface area contributed by atoms with E-state index < -0.39 is 33.5 Å². The summed E-state index contributed by atoms with van der Waals surface area (Å²) in [4.78, 5) is 16.1. The molecule has 1 aromatic heterocycles. The molecule has 1 heterocycles. The van der Waals surface area contributed by atoms with Crippen molar-refractivity contribution in [1.82, 2.24) is 4.98 Å². The molecule has 1 amide bonds. The lowest BCUT2D eigenvalue weighted by Crippen LogP contribution is -2.21. The first-order chi connectivity index (χ1) is 19.0. The molecule has 41 heavy (non-hydrogen) atoms. The first-order valence-electron chi connectivity index (χ1n) is 12.3. The van der Waals surface area contributed by atoms with Gasteiger partial charge in [-0.1, -0.05) is 35.8 Å². The van der Waals surface area contributed by atoms with Crippen molar-refractivity contribution < 1.29 is 35.9 Å². The summed E-state index contributed by atoms with van der Waals surface area (Å²) in [5.41, 5.74) is 1.98. The lowest BCUT2D eigenvalue weighted by Gasteiger charge is -2.28. The number of rotatable bonds is 9. The molecule has 0 saturated carbocycles. The lowest BCUT2D eigenvalue weighted by molar-refractivity contribution is -0.274. The number of carbonyl (C=O) groups excluding carboxylic acids is 1. The van der Waals surface area contributed by atoms with Crippen molar-refractivity contribution in [2.24, 2.45) is 0 Å². The number of carbonyl (C=O) groups is 1. The number of ether oxygens (including phenoxy) is 2. The van der Waals surface area contributed by atoms with Crippen molar-refractivity contribution in [3.05, 3.63) is 82.0 Å². The van der Waals surface area contributed by atoms with Crippen molar-refractivity contribution in [3.63, 3.8) is 0 Å². The molecule has 0 fully saturated rings. The molecular formula is C28H27BrF3N3O5S. The van der Waals surface area contributed by atoms with Crippen LogP contribution >= 0.6 is 15.9 Å². The Morgan fingerprint density at radius 1 is 0.951 bits per heavy atom. The summed E-state index contributed by atoms with van der Waals surface area (Å²) in [6.07, 6.45) is -3.82. The highest BCUT2D eigenvalue weighted by Crippen LogP contribution is 2.39. The topological polar surface area (TPSA) is 110 Å². The fraction of sp³-hybridized carbons (Fsp3) is 0.250. The monoisotopic (exact) mass is 653 g/mol. The summed E-state index contributed by atoms with van der Waals surface area (Å²) in [6, 6.07) is 15.9. The van der Waals surface area contributed by atoms with E-state index in [9.17, 15) is 26.4 Å². The van der Waals surface area contributed by atoms with Crippen LogP contribution in [0.1, 0.15) is 42.4 Å². The zero-order chi connectivity index (χ0) is 30.2. The van der Waals surface area contributed by atoms with Crippen LogP contribution in [0.2, 0.25) is 0 Å². The average Bonchev–Trinajstić information content (AvgIpc) is 3.25. The van der Waals surface area contributed by atoms with Crippen LogP contribution in [0, 0.1) is 0 Å². The number of hydrogen-bond donors (Lipinski definition) is 3. The number of anilines is 2. The maximum atomic E-state index is 13.1. The van der Waals surface area contributed by atoms with Gasteiger partial charge in [-0.15, -0.1) is 13.2 Å². The number of amides is 1. The third-order valence-electron chi connectivity index (χ3n) is 6.19. The van der Waals surface area contributed by atoms with Crippen LogP contribution in [0.25, 0.3) is 10.9 Å². The van der Waals surface area contributed by atoms with Crippen LogP contribution in [0.15, 0.2) is 65.1 Å². The van der Waals surface area contributed by atoms with E-state index in [0.29, 0.717) is 37.9 Å². The third-order valence-corrected chi connectivity index (χ3v) is 7.26. The van der Waals surface area contributed by atoms with Crippen LogP contribution in [0.4, 0.5) is 24.5 Å². The predicted octanol–water partition coefficient (Wildman–Crippen LogP) is 7.18. The lowest BCUT2D eigenvalue weighted by atomic mass is 9.78. The van der Waals surface area contributed by atoms with Gasteiger partial charge in [-0.3, -0.25) is 9.52 Å². The molecular weight excluding hydrogens is 627 g/mol. The summed E-state index contributed by atoms with van der Waals surface area (Å²) < 4.78 is 74.8. The van der Waals surface area contributed by atoms with E-state index in [0.717, 1.165) is 6.26 Å². The molecule has 0 aliphatic rings. The van der Waals surface area contributed by atoms with Crippen LogP contribution in [0.5, 0.6) is 11.5 Å². The van der Waals surface area contributed by atoms with Gasteiger partial charge >= 0.3 is 6.36 Å². The second-order valence-corrected chi connectivity index (χ2v) is 12.5. The molecule has 4 rings (SSSR count). The minimum atomic E-state index is -4.87. The van der Waals surface area contributed by atoms with E-state index in [2.05, 4.69) is 35.7 Å². The Bertz CT molecular complexity index is 1720. The van der Waals surface area contributed by atoms with Gasteiger partial charge in [0.05, 0.1) is 18.6 Å². The number of nitrogens with one attached hydrogen (secondary N) is 3. The first-order valence-corrected chi connectivity index (χ1v) is 15.0. The molecule has 0 saturated heterocycles. The molecule has 0 radical (unpaired) electrons. The number of halogens is 4. The summed E-state index contributed by atoms with van der Waals surface area (Å²) >= 11 is 3.46. The molecule has 0 unspecified atom stereocenters. The standard InChI is InChI=1S/C28H27BrF3N3O5S/c1-5-39-22-11-18(12-23(15-22)40-28(30,31)32)27(2,3)17-9-19(29)13-21(10-17)33-26(36)25-8-16-6-7-20(14-24(16)34-25)35-41(4,37)38/h6-15,34-35H,5H2,1-4H3,(H,33,36). The van der Waals surface area contributed by atoms with Crippen LogP contribution < -0.4 is 19.5 Å². The van der Waals surface area contributed by atoms with Gasteiger partial charge < -0.3 is 19.8 Å². The summed E-state index contributed by atoms with van der Waals surface area (Å²) in [5.74, 6) is -0.613. The highest BCUT2D eigenvalue weighted by molar-refractivity contribution is 9.10. The van der Waals surface area contributed by atoms with Crippen molar-refractivity contribution >= 4 is 54.1 Å². The number of alkyl halides is 3. The fourth-order valence-corrected chi connectivity index (χ4v) is 5.34. The molecule has 0 spiro atoms. The predicted molar refractivity (Wildman–Crippen MR) is 155 cm³/mol. The second kappa shape index (κ2) is 11.3. The van der Waals surface area contributed by atoms with Crippen molar-refractivity contribution in [2.75, 3.05) is 22.9 Å². The summed E-state index contributed by atoms with van der Waals surface area (Å²) in [7, 11) is -3.46. The van der Waals surface area contributed by atoms with Crippen LogP contribution in [-0.4, -0.2) is 38.5 Å².